The molecule has 0 saturated carbocycles. The van der Waals surface area contributed by atoms with Crippen molar-refractivity contribution in [3.8, 4) is 0 Å². The standard InChI is InChI=1S/C6H13NO3S.Li/c1-4-5-7(6(2)3)11(8,9)10;/h4,6H,1,5H2,2-3H3,(H,8,9,10);/q;+1/p-1. The Hall–Kier alpha value is 0.207. The third kappa shape index (κ3) is 4.96. The molecule has 0 heterocycles. The van der Waals surface area contributed by atoms with Gasteiger partial charge in [-0.25, -0.2) is 12.7 Å². The smallest absolute Gasteiger partial charge is 0.735 e. The molecule has 0 aliphatic carbocycles. The van der Waals surface area contributed by atoms with Crippen LogP contribution in [-0.4, -0.2) is 29.9 Å². The maximum atomic E-state index is 10.5. The van der Waals surface area contributed by atoms with Crippen LogP contribution in [0.4, 0.5) is 0 Å². The van der Waals surface area contributed by atoms with E-state index in [4.69, 9.17) is 0 Å². The molecule has 0 rings (SSSR count). The summed E-state index contributed by atoms with van der Waals surface area (Å²) in [5, 5.41) is 0. The summed E-state index contributed by atoms with van der Waals surface area (Å²) in [6.45, 7) is 6.70. The van der Waals surface area contributed by atoms with Gasteiger partial charge in [0, 0.05) is 12.6 Å². The first-order valence-corrected chi connectivity index (χ1v) is 4.59. The van der Waals surface area contributed by atoms with Crippen molar-refractivity contribution in [3.63, 3.8) is 0 Å². The van der Waals surface area contributed by atoms with Gasteiger partial charge in [0.15, 0.2) is 10.3 Å². The fourth-order valence-corrected chi connectivity index (χ4v) is 1.49. The number of hydrogen-bond donors (Lipinski definition) is 0. The zero-order valence-corrected chi connectivity index (χ0v) is 8.47. The molecule has 0 aromatic rings. The van der Waals surface area contributed by atoms with E-state index in [1.54, 1.807) is 13.8 Å². The first-order chi connectivity index (χ1) is 4.89. The first kappa shape index (κ1) is 14.7. The van der Waals surface area contributed by atoms with Gasteiger partial charge in [-0.2, -0.15) is 0 Å². The van der Waals surface area contributed by atoms with Crippen LogP contribution < -0.4 is 18.9 Å². The summed E-state index contributed by atoms with van der Waals surface area (Å²) in [5.41, 5.74) is 0. The van der Waals surface area contributed by atoms with Gasteiger partial charge in [0.25, 0.3) is 0 Å². The third-order valence-corrected chi connectivity index (χ3v) is 2.32. The average Bonchev–Trinajstić information content (AvgIpc) is 1.79. The van der Waals surface area contributed by atoms with Crippen LogP contribution in [0.1, 0.15) is 13.8 Å². The fraction of sp³-hybridized carbons (Fsp3) is 0.667. The molecule has 12 heavy (non-hydrogen) atoms. The van der Waals surface area contributed by atoms with Crippen LogP contribution in [-0.2, 0) is 10.3 Å². The van der Waals surface area contributed by atoms with E-state index >= 15 is 0 Å². The maximum absolute atomic E-state index is 10.5. The van der Waals surface area contributed by atoms with E-state index in [1.165, 1.54) is 6.08 Å². The molecule has 0 saturated heterocycles. The van der Waals surface area contributed by atoms with Gasteiger partial charge in [0.1, 0.15) is 0 Å². The van der Waals surface area contributed by atoms with E-state index in [9.17, 15) is 13.0 Å². The summed E-state index contributed by atoms with van der Waals surface area (Å²) < 4.78 is 32.3. The minimum atomic E-state index is -4.31. The Morgan fingerprint density at radius 2 is 2.00 bits per heavy atom. The summed E-state index contributed by atoms with van der Waals surface area (Å²) in [5.74, 6) is 0. The van der Waals surface area contributed by atoms with Crippen molar-refractivity contribution in [2.75, 3.05) is 6.54 Å². The normalized spacial score (nSPS) is 11.4. The molecule has 6 heteroatoms. The van der Waals surface area contributed by atoms with Crippen molar-refractivity contribution in [2.45, 2.75) is 19.9 Å². The predicted molar refractivity (Wildman–Crippen MR) is 41.7 cm³/mol. The second-order valence-electron chi connectivity index (χ2n) is 2.41. The Labute approximate surface area is 85.7 Å². The minimum Gasteiger partial charge on any atom is -0.735 e. The van der Waals surface area contributed by atoms with Gasteiger partial charge in [-0.05, 0) is 13.8 Å². The summed E-state index contributed by atoms with van der Waals surface area (Å²) in [6.07, 6.45) is 1.38. The van der Waals surface area contributed by atoms with E-state index in [-0.39, 0.29) is 31.4 Å². The van der Waals surface area contributed by atoms with E-state index in [1.807, 2.05) is 0 Å². The van der Waals surface area contributed by atoms with Crippen molar-refractivity contribution >= 4 is 10.3 Å². The van der Waals surface area contributed by atoms with Crippen LogP contribution in [0.15, 0.2) is 12.7 Å². The van der Waals surface area contributed by atoms with Gasteiger partial charge in [-0.3, -0.25) is 0 Å². The molecule has 0 aliphatic rings. The molecule has 4 nitrogen and oxygen atoms in total. The monoisotopic (exact) mass is 185 g/mol. The van der Waals surface area contributed by atoms with Crippen LogP contribution in [0.3, 0.4) is 0 Å². The second-order valence-corrected chi connectivity index (χ2v) is 3.73. The van der Waals surface area contributed by atoms with Gasteiger partial charge in [-0.15, -0.1) is 6.58 Å². The van der Waals surface area contributed by atoms with Crippen LogP contribution in [0.2, 0.25) is 0 Å². The van der Waals surface area contributed by atoms with Crippen molar-refractivity contribution in [1.82, 2.24) is 4.31 Å². The van der Waals surface area contributed by atoms with Gasteiger partial charge in [0.2, 0.25) is 0 Å². The van der Waals surface area contributed by atoms with Crippen molar-refractivity contribution in [1.29, 1.82) is 0 Å². The number of rotatable bonds is 4. The number of hydrogen-bond acceptors (Lipinski definition) is 3. The Morgan fingerprint density at radius 3 is 2.08 bits per heavy atom. The van der Waals surface area contributed by atoms with E-state index < -0.39 is 10.3 Å². The molecule has 0 aliphatic heterocycles. The predicted octanol–water partition coefficient (Wildman–Crippen LogP) is -2.65. The van der Waals surface area contributed by atoms with Crippen LogP contribution in [0.5, 0.6) is 0 Å². The first-order valence-electron chi connectivity index (χ1n) is 3.23. The van der Waals surface area contributed by atoms with Gasteiger partial charge >= 0.3 is 18.9 Å². The summed E-state index contributed by atoms with van der Waals surface area (Å²) in [7, 11) is -4.31. The molecule has 0 fully saturated rings. The second kappa shape index (κ2) is 5.79. The Balaban J connectivity index is 0. The molecule has 0 atom stereocenters. The molecule has 0 aromatic heterocycles. The molecule has 0 radical (unpaired) electrons. The molecular weight excluding hydrogens is 173 g/mol. The average molecular weight is 185 g/mol. The molecule has 0 bridgehead atoms. The van der Waals surface area contributed by atoms with Crippen LogP contribution in [0, 0.1) is 0 Å². The van der Waals surface area contributed by atoms with Gasteiger partial charge < -0.3 is 4.55 Å². The van der Waals surface area contributed by atoms with Crippen molar-refractivity contribution < 1.29 is 31.8 Å². The van der Waals surface area contributed by atoms with Crippen molar-refractivity contribution in [3.05, 3.63) is 12.7 Å². The van der Waals surface area contributed by atoms with E-state index in [0.29, 0.717) is 0 Å². The Morgan fingerprint density at radius 1 is 1.58 bits per heavy atom. The van der Waals surface area contributed by atoms with E-state index in [2.05, 4.69) is 6.58 Å². The zero-order valence-electron chi connectivity index (χ0n) is 7.65. The largest absolute Gasteiger partial charge is 1.00 e. The summed E-state index contributed by atoms with van der Waals surface area (Å²) in [6, 6.07) is -0.310. The van der Waals surface area contributed by atoms with Crippen LogP contribution >= 0.6 is 0 Å². The van der Waals surface area contributed by atoms with Gasteiger partial charge in [0.05, 0.1) is 0 Å². The summed E-state index contributed by atoms with van der Waals surface area (Å²) >= 11 is 0. The minimum absolute atomic E-state index is 0. The van der Waals surface area contributed by atoms with Crippen molar-refractivity contribution in [2.24, 2.45) is 0 Å². The maximum Gasteiger partial charge on any atom is 1.00 e. The van der Waals surface area contributed by atoms with E-state index in [0.717, 1.165) is 4.31 Å². The molecule has 66 valence electrons. The Bertz CT molecular complexity index is 225. The molecule has 0 unspecified atom stereocenters. The molecule has 0 aromatic carbocycles. The topological polar surface area (TPSA) is 60.4 Å². The molecule has 0 spiro atoms. The SMILES string of the molecule is C=CCN(C(C)C)S(=O)(=O)[O-].[Li+]. The number of nitrogens with zero attached hydrogens (tertiary/aromatic N) is 1. The Kier molecular flexibility index (Phi) is 7.09. The van der Waals surface area contributed by atoms with Crippen LogP contribution in [0.25, 0.3) is 0 Å². The fourth-order valence-electron chi connectivity index (χ4n) is 0.688. The third-order valence-electron chi connectivity index (χ3n) is 1.17. The van der Waals surface area contributed by atoms with Gasteiger partial charge in [-0.1, -0.05) is 6.08 Å². The molecular formula is C6H12LiNO3S. The molecule has 0 N–H and O–H groups in total. The summed E-state index contributed by atoms with van der Waals surface area (Å²) in [4.78, 5) is 0. The zero-order chi connectivity index (χ0) is 9.07. The quantitative estimate of drug-likeness (QED) is 0.273. The molecule has 0 amide bonds.